The van der Waals surface area contributed by atoms with Crippen LogP contribution >= 0.6 is 12.4 Å². The summed E-state index contributed by atoms with van der Waals surface area (Å²) in [6.45, 7) is 8.15. The summed E-state index contributed by atoms with van der Waals surface area (Å²) in [6.07, 6.45) is 0.851. The first-order chi connectivity index (χ1) is 13.2. The maximum atomic E-state index is 11.9. The van der Waals surface area contributed by atoms with Crippen molar-refractivity contribution >= 4 is 18.4 Å². The maximum absolute atomic E-state index is 11.9. The predicted octanol–water partition coefficient (Wildman–Crippen LogP) is 4.53. The Morgan fingerprint density at radius 3 is 1.96 bits per heavy atom. The Labute approximate surface area is 175 Å². The first-order valence-electron chi connectivity index (χ1n) is 9.80. The Morgan fingerprint density at radius 2 is 1.46 bits per heavy atom. The first kappa shape index (κ1) is 24.2. The van der Waals surface area contributed by atoms with Gasteiger partial charge in [-0.15, -0.1) is 12.4 Å². The van der Waals surface area contributed by atoms with Crippen LogP contribution in [0.15, 0.2) is 60.7 Å². The van der Waals surface area contributed by atoms with Gasteiger partial charge in [0.2, 0.25) is 0 Å². The second-order valence-corrected chi connectivity index (χ2v) is 6.49. The molecule has 0 atom stereocenters. The Kier molecular flexibility index (Phi) is 12.2. The largest absolute Gasteiger partial charge is 0.464 e. The SMILES string of the molecule is CCN(CC)CCCOC(=O)COCC(c1ccccc1)c1ccccc1.Cl. The van der Waals surface area contributed by atoms with Gasteiger partial charge in [-0.1, -0.05) is 74.5 Å². The molecule has 0 saturated carbocycles. The summed E-state index contributed by atoms with van der Waals surface area (Å²) in [6, 6.07) is 20.5. The molecule has 0 spiro atoms. The van der Waals surface area contributed by atoms with E-state index in [4.69, 9.17) is 9.47 Å². The van der Waals surface area contributed by atoms with Crippen LogP contribution in [0.4, 0.5) is 0 Å². The molecule has 0 aliphatic rings. The molecule has 2 aromatic rings. The first-order valence-corrected chi connectivity index (χ1v) is 9.80. The molecule has 5 heteroatoms. The fraction of sp³-hybridized carbons (Fsp3) is 0.435. The lowest BCUT2D eigenvalue weighted by atomic mass is 9.92. The van der Waals surface area contributed by atoms with Gasteiger partial charge in [0.15, 0.2) is 0 Å². The van der Waals surface area contributed by atoms with Crippen molar-refractivity contribution in [1.29, 1.82) is 0 Å². The minimum absolute atomic E-state index is 0. The zero-order valence-electron chi connectivity index (χ0n) is 16.9. The normalized spacial score (nSPS) is 10.7. The molecule has 0 bridgehead atoms. The third-order valence-electron chi connectivity index (χ3n) is 4.68. The van der Waals surface area contributed by atoms with E-state index in [-0.39, 0.29) is 30.9 Å². The lowest BCUT2D eigenvalue weighted by Gasteiger charge is -2.18. The number of esters is 1. The highest BCUT2D eigenvalue weighted by molar-refractivity contribution is 5.85. The second kappa shape index (κ2) is 14.2. The van der Waals surface area contributed by atoms with Crippen LogP contribution in [-0.4, -0.2) is 50.3 Å². The molecular formula is C23H32ClNO3. The van der Waals surface area contributed by atoms with Gasteiger partial charge >= 0.3 is 5.97 Å². The minimum Gasteiger partial charge on any atom is -0.464 e. The van der Waals surface area contributed by atoms with Gasteiger partial charge in [0, 0.05) is 12.5 Å². The highest BCUT2D eigenvalue weighted by Crippen LogP contribution is 2.24. The molecule has 0 heterocycles. The number of rotatable bonds is 12. The third-order valence-corrected chi connectivity index (χ3v) is 4.68. The lowest BCUT2D eigenvalue weighted by molar-refractivity contribution is -0.149. The molecule has 4 nitrogen and oxygen atoms in total. The number of hydrogen-bond donors (Lipinski definition) is 0. The van der Waals surface area contributed by atoms with E-state index >= 15 is 0 Å². The Hall–Kier alpha value is -1.88. The molecule has 0 aliphatic heterocycles. The molecule has 0 fully saturated rings. The predicted molar refractivity (Wildman–Crippen MR) is 116 cm³/mol. The van der Waals surface area contributed by atoms with Gasteiger partial charge in [0.1, 0.15) is 6.61 Å². The van der Waals surface area contributed by atoms with Gasteiger partial charge in [-0.2, -0.15) is 0 Å². The van der Waals surface area contributed by atoms with Crippen LogP contribution in [0.25, 0.3) is 0 Å². The maximum Gasteiger partial charge on any atom is 0.332 e. The van der Waals surface area contributed by atoms with Crippen LogP contribution in [0.5, 0.6) is 0 Å². The van der Waals surface area contributed by atoms with E-state index < -0.39 is 0 Å². The van der Waals surface area contributed by atoms with Crippen molar-refractivity contribution in [2.45, 2.75) is 26.2 Å². The topological polar surface area (TPSA) is 38.8 Å². The van der Waals surface area contributed by atoms with Crippen molar-refractivity contribution in [3.63, 3.8) is 0 Å². The van der Waals surface area contributed by atoms with Gasteiger partial charge in [0.05, 0.1) is 13.2 Å². The summed E-state index contributed by atoms with van der Waals surface area (Å²) in [4.78, 5) is 14.2. The summed E-state index contributed by atoms with van der Waals surface area (Å²) in [5, 5.41) is 0. The standard InChI is InChI=1S/C23H31NO3.ClH/c1-3-24(4-2)16-11-17-27-23(25)19-26-18-22(20-12-7-5-8-13-20)21-14-9-6-10-15-21;/h5-10,12-15,22H,3-4,11,16-19H2,1-2H3;1H. The van der Waals surface area contributed by atoms with Crippen molar-refractivity contribution in [3.8, 4) is 0 Å². The molecule has 28 heavy (non-hydrogen) atoms. The van der Waals surface area contributed by atoms with E-state index in [1.54, 1.807) is 0 Å². The van der Waals surface area contributed by atoms with Crippen LogP contribution < -0.4 is 0 Å². The minimum atomic E-state index is -0.297. The number of halogens is 1. The summed E-state index contributed by atoms with van der Waals surface area (Å²) in [7, 11) is 0. The Balaban J connectivity index is 0.00000392. The van der Waals surface area contributed by atoms with Crippen LogP contribution in [0.1, 0.15) is 37.3 Å². The Morgan fingerprint density at radius 1 is 0.929 bits per heavy atom. The number of carbonyl (C=O) groups is 1. The van der Waals surface area contributed by atoms with E-state index in [1.807, 2.05) is 36.4 Å². The summed E-state index contributed by atoms with van der Waals surface area (Å²) < 4.78 is 11.0. The summed E-state index contributed by atoms with van der Waals surface area (Å²) in [5.74, 6) is -0.197. The average molecular weight is 406 g/mol. The zero-order chi connectivity index (χ0) is 19.3. The van der Waals surface area contributed by atoms with Crippen molar-refractivity contribution in [2.75, 3.05) is 39.5 Å². The Bertz CT molecular complexity index is 608. The van der Waals surface area contributed by atoms with Crippen LogP contribution in [0, 0.1) is 0 Å². The van der Waals surface area contributed by atoms with E-state index in [0.717, 1.165) is 26.1 Å². The second-order valence-electron chi connectivity index (χ2n) is 6.49. The van der Waals surface area contributed by atoms with Crippen LogP contribution in [-0.2, 0) is 14.3 Å². The zero-order valence-corrected chi connectivity index (χ0v) is 17.7. The number of hydrogen-bond acceptors (Lipinski definition) is 4. The fourth-order valence-corrected chi connectivity index (χ4v) is 3.07. The average Bonchev–Trinajstić information content (AvgIpc) is 2.72. The number of benzene rings is 2. The molecular weight excluding hydrogens is 374 g/mol. The van der Waals surface area contributed by atoms with Crippen LogP contribution in [0.2, 0.25) is 0 Å². The molecule has 0 saturated heterocycles. The quantitative estimate of drug-likeness (QED) is 0.384. The molecule has 0 N–H and O–H groups in total. The third kappa shape index (κ3) is 8.42. The molecule has 0 radical (unpaired) electrons. The van der Waals surface area contributed by atoms with Gasteiger partial charge in [-0.05, 0) is 30.6 Å². The molecule has 0 aliphatic carbocycles. The number of ether oxygens (including phenoxy) is 2. The molecule has 2 rings (SSSR count). The molecule has 0 unspecified atom stereocenters. The van der Waals surface area contributed by atoms with E-state index in [1.165, 1.54) is 11.1 Å². The van der Waals surface area contributed by atoms with Crippen LogP contribution in [0.3, 0.4) is 0 Å². The van der Waals surface area contributed by atoms with Crippen molar-refractivity contribution in [1.82, 2.24) is 4.90 Å². The monoisotopic (exact) mass is 405 g/mol. The van der Waals surface area contributed by atoms with E-state index in [9.17, 15) is 4.79 Å². The van der Waals surface area contributed by atoms with Crippen molar-refractivity contribution < 1.29 is 14.3 Å². The summed E-state index contributed by atoms with van der Waals surface area (Å²) in [5.41, 5.74) is 2.35. The number of nitrogens with zero attached hydrogens (tertiary/aromatic N) is 1. The van der Waals surface area contributed by atoms with Gasteiger partial charge < -0.3 is 14.4 Å². The highest BCUT2D eigenvalue weighted by atomic mass is 35.5. The van der Waals surface area contributed by atoms with E-state index in [0.29, 0.717) is 13.2 Å². The number of carbonyl (C=O) groups excluding carboxylic acids is 1. The molecule has 154 valence electrons. The fourth-order valence-electron chi connectivity index (χ4n) is 3.07. The van der Waals surface area contributed by atoms with Gasteiger partial charge in [0.25, 0.3) is 0 Å². The van der Waals surface area contributed by atoms with E-state index in [2.05, 4.69) is 43.0 Å². The molecule has 2 aromatic carbocycles. The van der Waals surface area contributed by atoms with Crippen molar-refractivity contribution in [3.05, 3.63) is 71.8 Å². The lowest BCUT2D eigenvalue weighted by Crippen LogP contribution is -2.25. The smallest absolute Gasteiger partial charge is 0.332 e. The van der Waals surface area contributed by atoms with Gasteiger partial charge in [-0.3, -0.25) is 0 Å². The molecule has 0 aromatic heterocycles. The van der Waals surface area contributed by atoms with Crippen molar-refractivity contribution in [2.24, 2.45) is 0 Å². The highest BCUT2D eigenvalue weighted by Gasteiger charge is 2.15. The molecule has 0 amide bonds. The summed E-state index contributed by atoms with van der Waals surface area (Å²) >= 11 is 0. The van der Waals surface area contributed by atoms with Gasteiger partial charge in [-0.25, -0.2) is 4.79 Å².